The van der Waals surface area contributed by atoms with Gasteiger partial charge in [0.25, 0.3) is 0 Å². The van der Waals surface area contributed by atoms with Crippen LogP contribution in [-0.4, -0.2) is 17.9 Å². The molecule has 1 aromatic carbocycles. The van der Waals surface area contributed by atoms with E-state index in [0.29, 0.717) is 6.42 Å². The largest absolute Gasteiger partial charge is 0.392 e. The number of carbonyl (C=O) groups excluding carboxylic acids is 1. The highest BCUT2D eigenvalue weighted by Crippen LogP contribution is 2.28. The summed E-state index contributed by atoms with van der Waals surface area (Å²) < 4.78 is 13.6. The Hall–Kier alpha value is -1.49. The number of amides is 1. The van der Waals surface area contributed by atoms with Crippen molar-refractivity contribution in [2.24, 2.45) is 11.1 Å². The first kappa shape index (κ1) is 14.6. The summed E-state index contributed by atoms with van der Waals surface area (Å²) in [5, 5.41) is 0. The fourth-order valence-electron chi connectivity index (χ4n) is 1.63. The normalized spacial score (nSPS) is 13.8. The summed E-state index contributed by atoms with van der Waals surface area (Å²) in [6.07, 6.45) is 0.472. The number of carbonyl (C=O) groups is 1. The van der Waals surface area contributed by atoms with Crippen molar-refractivity contribution in [3.05, 3.63) is 30.1 Å². The van der Waals surface area contributed by atoms with Crippen molar-refractivity contribution < 1.29 is 9.18 Å². The monoisotopic (exact) mass is 268 g/mol. The summed E-state index contributed by atoms with van der Waals surface area (Å²) in [6.45, 7) is 3.50. The number of para-hydroxylation sites is 1. The summed E-state index contributed by atoms with van der Waals surface area (Å²) in [6, 6.07) is 6.10. The Kier molecular flexibility index (Phi) is 4.40. The summed E-state index contributed by atoms with van der Waals surface area (Å²) in [5.74, 6) is -0.752. The van der Waals surface area contributed by atoms with Crippen molar-refractivity contribution in [3.8, 4) is 0 Å². The number of hydrogen-bond acceptors (Lipinski definition) is 2. The van der Waals surface area contributed by atoms with Gasteiger partial charge >= 0.3 is 0 Å². The first-order valence-electron chi connectivity index (χ1n) is 5.67. The second-order valence-electron chi connectivity index (χ2n) is 4.37. The maximum Gasteiger partial charge on any atom is 0.239 e. The Labute approximate surface area is 112 Å². The molecule has 1 atom stereocenters. The molecule has 0 aromatic heterocycles. The Balaban J connectivity index is 3.12. The summed E-state index contributed by atoms with van der Waals surface area (Å²) in [5.41, 5.74) is 4.90. The predicted molar refractivity (Wildman–Crippen MR) is 75.0 cm³/mol. The fraction of sp³-hybridized carbons (Fsp3) is 0.385. The second-order valence-corrected chi connectivity index (χ2v) is 4.81. The third kappa shape index (κ3) is 2.51. The van der Waals surface area contributed by atoms with E-state index < -0.39 is 11.2 Å². The molecule has 98 valence electrons. The topological polar surface area (TPSA) is 46.3 Å². The smallest absolute Gasteiger partial charge is 0.239 e. The molecule has 0 bridgehead atoms. The van der Waals surface area contributed by atoms with Gasteiger partial charge in [-0.15, -0.1) is 0 Å². The molecule has 1 amide bonds. The Morgan fingerprint density at radius 1 is 1.50 bits per heavy atom. The SMILES string of the molecule is CCC(C)(C(=O)N(C)c1ccccc1F)C(N)=S. The van der Waals surface area contributed by atoms with E-state index in [4.69, 9.17) is 18.0 Å². The number of thiocarbonyl (C=S) groups is 1. The van der Waals surface area contributed by atoms with Crippen LogP contribution in [0.3, 0.4) is 0 Å². The van der Waals surface area contributed by atoms with Gasteiger partial charge in [0.05, 0.1) is 16.1 Å². The predicted octanol–water partition coefficient (Wildman–Crippen LogP) is 2.49. The molecule has 2 N–H and O–H groups in total. The maximum atomic E-state index is 13.6. The van der Waals surface area contributed by atoms with Gasteiger partial charge in [-0.3, -0.25) is 4.79 Å². The molecule has 0 heterocycles. The Morgan fingerprint density at radius 2 is 2.06 bits per heavy atom. The standard InChI is InChI=1S/C13H17FN2OS/c1-4-13(2,11(15)18)12(17)16(3)10-8-6-5-7-9(10)14/h5-8H,4H2,1-3H3,(H2,15,18). The van der Waals surface area contributed by atoms with Gasteiger partial charge in [0.1, 0.15) is 5.82 Å². The zero-order valence-electron chi connectivity index (χ0n) is 10.7. The molecule has 5 heteroatoms. The number of nitrogens with zero attached hydrogens (tertiary/aromatic N) is 1. The van der Waals surface area contributed by atoms with Crippen LogP contribution in [0.5, 0.6) is 0 Å². The van der Waals surface area contributed by atoms with E-state index >= 15 is 0 Å². The average Bonchev–Trinajstić information content (AvgIpc) is 2.36. The minimum Gasteiger partial charge on any atom is -0.392 e. The lowest BCUT2D eigenvalue weighted by atomic mass is 9.86. The molecule has 0 aliphatic carbocycles. The Bertz CT molecular complexity index is 478. The van der Waals surface area contributed by atoms with Gasteiger partial charge in [0.15, 0.2) is 0 Å². The van der Waals surface area contributed by atoms with Gasteiger partial charge in [-0.1, -0.05) is 31.3 Å². The van der Waals surface area contributed by atoms with Crippen LogP contribution in [0.4, 0.5) is 10.1 Å². The molecule has 0 fully saturated rings. The number of rotatable bonds is 4. The van der Waals surface area contributed by atoms with Crippen molar-refractivity contribution in [1.82, 2.24) is 0 Å². The zero-order chi connectivity index (χ0) is 13.9. The Morgan fingerprint density at radius 3 is 2.50 bits per heavy atom. The van der Waals surface area contributed by atoms with E-state index in [1.165, 1.54) is 18.0 Å². The van der Waals surface area contributed by atoms with Crippen LogP contribution < -0.4 is 10.6 Å². The molecule has 0 aliphatic rings. The third-order valence-corrected chi connectivity index (χ3v) is 3.69. The summed E-state index contributed by atoms with van der Waals surface area (Å²) in [4.78, 5) is 13.8. The quantitative estimate of drug-likeness (QED) is 0.853. The minimum atomic E-state index is -0.952. The molecular formula is C13H17FN2OS. The molecule has 0 saturated carbocycles. The maximum absolute atomic E-state index is 13.6. The van der Waals surface area contributed by atoms with E-state index in [2.05, 4.69) is 0 Å². The molecule has 18 heavy (non-hydrogen) atoms. The number of hydrogen-bond donors (Lipinski definition) is 1. The van der Waals surface area contributed by atoms with Gasteiger partial charge in [0.2, 0.25) is 5.91 Å². The van der Waals surface area contributed by atoms with Crippen LogP contribution in [0.1, 0.15) is 20.3 Å². The van der Waals surface area contributed by atoms with Gasteiger partial charge in [-0.2, -0.15) is 0 Å². The molecular weight excluding hydrogens is 251 g/mol. The summed E-state index contributed by atoms with van der Waals surface area (Å²) >= 11 is 4.94. The molecule has 1 rings (SSSR count). The zero-order valence-corrected chi connectivity index (χ0v) is 11.6. The first-order valence-corrected chi connectivity index (χ1v) is 6.08. The molecule has 0 aliphatic heterocycles. The fourth-order valence-corrected chi connectivity index (χ4v) is 1.87. The highest BCUT2D eigenvalue weighted by atomic mass is 32.1. The molecule has 3 nitrogen and oxygen atoms in total. The molecule has 0 spiro atoms. The van der Waals surface area contributed by atoms with Crippen molar-refractivity contribution in [2.75, 3.05) is 11.9 Å². The van der Waals surface area contributed by atoms with Crippen LogP contribution in [0.25, 0.3) is 0 Å². The minimum absolute atomic E-state index is 0.123. The third-order valence-electron chi connectivity index (χ3n) is 3.24. The summed E-state index contributed by atoms with van der Waals surface area (Å²) in [7, 11) is 1.52. The highest BCUT2D eigenvalue weighted by Gasteiger charge is 2.37. The van der Waals surface area contributed by atoms with E-state index in [1.54, 1.807) is 25.1 Å². The van der Waals surface area contributed by atoms with Gasteiger partial charge in [-0.05, 0) is 25.5 Å². The van der Waals surface area contributed by atoms with E-state index in [1.807, 2.05) is 6.92 Å². The van der Waals surface area contributed by atoms with Crippen LogP contribution >= 0.6 is 12.2 Å². The molecule has 1 aromatic rings. The van der Waals surface area contributed by atoms with Crippen molar-refractivity contribution in [3.63, 3.8) is 0 Å². The van der Waals surface area contributed by atoms with E-state index in [9.17, 15) is 9.18 Å². The highest BCUT2D eigenvalue weighted by molar-refractivity contribution is 7.80. The van der Waals surface area contributed by atoms with Crippen molar-refractivity contribution in [2.45, 2.75) is 20.3 Å². The van der Waals surface area contributed by atoms with Crippen molar-refractivity contribution >= 4 is 28.8 Å². The number of halogens is 1. The van der Waals surface area contributed by atoms with Gasteiger partial charge < -0.3 is 10.6 Å². The lowest BCUT2D eigenvalue weighted by Crippen LogP contribution is -2.47. The van der Waals surface area contributed by atoms with Crippen molar-refractivity contribution in [1.29, 1.82) is 0 Å². The molecule has 1 unspecified atom stereocenters. The molecule has 0 radical (unpaired) electrons. The van der Waals surface area contributed by atoms with Crippen LogP contribution in [-0.2, 0) is 4.79 Å². The van der Waals surface area contributed by atoms with Gasteiger partial charge in [0, 0.05) is 7.05 Å². The van der Waals surface area contributed by atoms with Crippen LogP contribution in [0, 0.1) is 11.2 Å². The number of nitrogens with two attached hydrogens (primary N) is 1. The van der Waals surface area contributed by atoms with E-state index in [0.717, 1.165) is 0 Å². The lowest BCUT2D eigenvalue weighted by molar-refractivity contribution is -0.124. The average molecular weight is 268 g/mol. The van der Waals surface area contributed by atoms with E-state index in [-0.39, 0.29) is 16.6 Å². The first-order chi connectivity index (χ1) is 8.34. The lowest BCUT2D eigenvalue weighted by Gasteiger charge is -2.31. The number of anilines is 1. The van der Waals surface area contributed by atoms with Crippen LogP contribution in [0.2, 0.25) is 0 Å². The number of benzene rings is 1. The van der Waals surface area contributed by atoms with Gasteiger partial charge in [-0.25, -0.2) is 4.39 Å². The van der Waals surface area contributed by atoms with Crippen LogP contribution in [0.15, 0.2) is 24.3 Å². The second kappa shape index (κ2) is 5.44. The molecule has 0 saturated heterocycles.